The van der Waals surface area contributed by atoms with Crippen molar-refractivity contribution in [1.29, 1.82) is 0 Å². The zero-order valence-corrected chi connectivity index (χ0v) is 17.9. The summed E-state index contributed by atoms with van der Waals surface area (Å²) in [6, 6.07) is 8.53. The minimum absolute atomic E-state index is 0.246. The number of nitrogens with zero attached hydrogens (tertiary/aromatic N) is 1. The van der Waals surface area contributed by atoms with Crippen molar-refractivity contribution in [1.82, 2.24) is 10.2 Å². The Morgan fingerprint density at radius 3 is 2.37 bits per heavy atom. The second-order valence-corrected chi connectivity index (χ2v) is 8.59. The van der Waals surface area contributed by atoms with Crippen molar-refractivity contribution in [3.05, 3.63) is 35.9 Å². The molecule has 8 nitrogen and oxygen atoms in total. The smallest absolute Gasteiger partial charge is 0.410 e. The molecule has 2 N–H and O–H groups in total. The molecule has 1 saturated heterocycles. The van der Waals surface area contributed by atoms with Gasteiger partial charge >= 0.3 is 18.2 Å². The summed E-state index contributed by atoms with van der Waals surface area (Å²) in [5.74, 6) is -0.784. The highest BCUT2D eigenvalue weighted by molar-refractivity contribution is 5.79. The predicted molar refractivity (Wildman–Crippen MR) is 111 cm³/mol. The molecule has 1 fully saturated rings. The standard InChI is InChI=1S/C22H32N2O6/c1-22(2,3)30-20(27)23-18(19(25)26)10-9-16-11-13-24(14-12-16)21(28)29-15-17-7-5-4-6-8-17/h4-8,16,18H,9-15H2,1-3H3,(H,23,27)(H,25,26)/t18-/m0/s1. The van der Waals surface area contributed by atoms with Gasteiger partial charge in [-0.2, -0.15) is 0 Å². The van der Waals surface area contributed by atoms with E-state index in [1.807, 2.05) is 30.3 Å². The van der Waals surface area contributed by atoms with Gasteiger partial charge in [0.05, 0.1) is 0 Å². The molecule has 1 aliphatic rings. The normalized spacial score (nSPS) is 15.9. The van der Waals surface area contributed by atoms with Crippen molar-refractivity contribution in [2.24, 2.45) is 5.92 Å². The van der Waals surface area contributed by atoms with Gasteiger partial charge in [-0.15, -0.1) is 0 Å². The number of hydrogen-bond acceptors (Lipinski definition) is 5. The second-order valence-electron chi connectivity index (χ2n) is 8.59. The number of nitrogens with one attached hydrogen (secondary N) is 1. The third-order valence-electron chi connectivity index (χ3n) is 4.93. The van der Waals surface area contributed by atoms with E-state index in [4.69, 9.17) is 9.47 Å². The predicted octanol–water partition coefficient (Wildman–Crippen LogP) is 3.79. The number of benzene rings is 1. The van der Waals surface area contributed by atoms with E-state index < -0.39 is 23.7 Å². The largest absolute Gasteiger partial charge is 0.480 e. The Morgan fingerprint density at radius 1 is 1.17 bits per heavy atom. The lowest BCUT2D eigenvalue weighted by atomic mass is 9.90. The first-order valence-corrected chi connectivity index (χ1v) is 10.3. The fraction of sp³-hybridized carbons (Fsp3) is 0.591. The van der Waals surface area contributed by atoms with Crippen LogP contribution in [0.1, 0.15) is 52.0 Å². The van der Waals surface area contributed by atoms with Crippen LogP contribution in [-0.4, -0.2) is 52.9 Å². The van der Waals surface area contributed by atoms with Crippen LogP contribution in [0.25, 0.3) is 0 Å². The lowest BCUT2D eigenvalue weighted by Crippen LogP contribution is -2.44. The lowest BCUT2D eigenvalue weighted by Gasteiger charge is -2.31. The Kier molecular flexibility index (Phi) is 8.50. The van der Waals surface area contributed by atoms with Crippen LogP contribution in [0.2, 0.25) is 0 Å². The van der Waals surface area contributed by atoms with Crippen molar-refractivity contribution in [3.8, 4) is 0 Å². The highest BCUT2D eigenvalue weighted by Crippen LogP contribution is 2.23. The molecule has 1 atom stereocenters. The SMILES string of the molecule is CC(C)(C)OC(=O)N[C@@H](CCC1CCN(C(=O)OCc2ccccc2)CC1)C(=O)O. The summed E-state index contributed by atoms with van der Waals surface area (Å²) < 4.78 is 10.5. The molecule has 30 heavy (non-hydrogen) atoms. The van der Waals surface area contributed by atoms with Crippen LogP contribution in [-0.2, 0) is 20.9 Å². The van der Waals surface area contributed by atoms with E-state index in [1.165, 1.54) is 0 Å². The van der Waals surface area contributed by atoms with Crippen molar-refractivity contribution in [2.45, 2.75) is 64.7 Å². The van der Waals surface area contributed by atoms with E-state index in [0.29, 0.717) is 31.8 Å². The molecule has 0 unspecified atom stereocenters. The van der Waals surface area contributed by atoms with E-state index in [0.717, 1.165) is 18.4 Å². The number of carbonyl (C=O) groups excluding carboxylic acids is 2. The first kappa shape index (κ1) is 23.5. The van der Waals surface area contributed by atoms with Crippen LogP contribution < -0.4 is 5.32 Å². The van der Waals surface area contributed by atoms with Gasteiger partial charge in [-0.1, -0.05) is 30.3 Å². The molecule has 1 heterocycles. The van der Waals surface area contributed by atoms with Crippen LogP contribution in [0, 0.1) is 5.92 Å². The third kappa shape index (κ3) is 8.31. The van der Waals surface area contributed by atoms with Crippen LogP contribution in [0.15, 0.2) is 30.3 Å². The number of carboxylic acids is 1. The molecule has 0 spiro atoms. The third-order valence-corrected chi connectivity index (χ3v) is 4.93. The van der Waals surface area contributed by atoms with Gasteiger partial charge in [-0.05, 0) is 57.9 Å². The Balaban J connectivity index is 1.71. The van der Waals surface area contributed by atoms with Crippen LogP contribution in [0.4, 0.5) is 9.59 Å². The molecule has 0 saturated carbocycles. The minimum Gasteiger partial charge on any atom is -0.480 e. The first-order chi connectivity index (χ1) is 14.1. The minimum atomic E-state index is -1.08. The maximum atomic E-state index is 12.2. The number of piperidine rings is 1. The Labute approximate surface area is 177 Å². The van der Waals surface area contributed by atoms with Gasteiger partial charge in [0, 0.05) is 13.1 Å². The summed E-state index contributed by atoms with van der Waals surface area (Å²) in [7, 11) is 0. The average Bonchev–Trinajstić information content (AvgIpc) is 2.69. The fourth-order valence-corrected chi connectivity index (χ4v) is 3.32. The molecular formula is C22H32N2O6. The monoisotopic (exact) mass is 420 g/mol. The van der Waals surface area contributed by atoms with Gasteiger partial charge in [0.1, 0.15) is 18.2 Å². The van der Waals surface area contributed by atoms with Gasteiger partial charge in [-0.25, -0.2) is 14.4 Å². The summed E-state index contributed by atoms with van der Waals surface area (Å²) in [5, 5.41) is 11.8. The molecule has 1 aromatic rings. The number of hydrogen-bond donors (Lipinski definition) is 2. The number of alkyl carbamates (subject to hydrolysis) is 1. The fourth-order valence-electron chi connectivity index (χ4n) is 3.32. The topological polar surface area (TPSA) is 105 Å². The summed E-state index contributed by atoms with van der Waals surface area (Å²) in [5.41, 5.74) is 0.257. The van der Waals surface area contributed by atoms with Gasteiger partial charge < -0.3 is 24.8 Å². The number of amides is 2. The zero-order valence-electron chi connectivity index (χ0n) is 17.9. The molecule has 0 aliphatic carbocycles. The van der Waals surface area contributed by atoms with Gasteiger partial charge in [-0.3, -0.25) is 0 Å². The Bertz CT molecular complexity index is 708. The quantitative estimate of drug-likeness (QED) is 0.695. The van der Waals surface area contributed by atoms with Gasteiger partial charge in [0.15, 0.2) is 0 Å². The van der Waals surface area contributed by atoms with E-state index in [2.05, 4.69) is 5.32 Å². The van der Waals surface area contributed by atoms with Crippen molar-refractivity contribution in [3.63, 3.8) is 0 Å². The maximum Gasteiger partial charge on any atom is 0.410 e. The molecule has 166 valence electrons. The van der Waals surface area contributed by atoms with Crippen LogP contribution >= 0.6 is 0 Å². The van der Waals surface area contributed by atoms with Gasteiger partial charge in [0.25, 0.3) is 0 Å². The number of likely N-dealkylation sites (tertiary alicyclic amines) is 1. The number of carboxylic acid groups (broad SMARTS) is 1. The number of rotatable bonds is 7. The summed E-state index contributed by atoms with van der Waals surface area (Å²) in [4.78, 5) is 37.2. The van der Waals surface area contributed by atoms with Crippen molar-refractivity contribution >= 4 is 18.2 Å². The summed E-state index contributed by atoms with van der Waals surface area (Å²) >= 11 is 0. The molecule has 2 amide bonds. The highest BCUT2D eigenvalue weighted by atomic mass is 16.6. The maximum absolute atomic E-state index is 12.2. The van der Waals surface area contributed by atoms with Crippen LogP contribution in [0.3, 0.4) is 0 Å². The number of ether oxygens (including phenoxy) is 2. The molecule has 0 aromatic heterocycles. The van der Waals surface area contributed by atoms with Crippen molar-refractivity contribution in [2.75, 3.05) is 13.1 Å². The number of aliphatic carboxylic acids is 1. The van der Waals surface area contributed by atoms with E-state index >= 15 is 0 Å². The van der Waals surface area contributed by atoms with Crippen molar-refractivity contribution < 1.29 is 29.0 Å². The molecule has 1 aliphatic heterocycles. The summed E-state index contributed by atoms with van der Waals surface area (Å²) in [6.07, 6.45) is 1.47. The van der Waals surface area contributed by atoms with E-state index in [1.54, 1.807) is 25.7 Å². The zero-order chi connectivity index (χ0) is 22.1. The second kappa shape index (κ2) is 10.8. The first-order valence-electron chi connectivity index (χ1n) is 10.3. The van der Waals surface area contributed by atoms with Gasteiger partial charge in [0.2, 0.25) is 0 Å². The average molecular weight is 421 g/mol. The number of carbonyl (C=O) groups is 3. The Morgan fingerprint density at radius 2 is 1.80 bits per heavy atom. The molecule has 8 heteroatoms. The molecule has 1 aromatic carbocycles. The Hall–Kier alpha value is -2.77. The van der Waals surface area contributed by atoms with E-state index in [-0.39, 0.29) is 12.7 Å². The van der Waals surface area contributed by atoms with E-state index in [9.17, 15) is 19.5 Å². The summed E-state index contributed by atoms with van der Waals surface area (Å²) in [6.45, 7) is 6.57. The molecule has 0 bridgehead atoms. The molecular weight excluding hydrogens is 388 g/mol. The highest BCUT2D eigenvalue weighted by Gasteiger charge is 2.27. The molecule has 0 radical (unpaired) electrons. The van der Waals surface area contributed by atoms with Crippen LogP contribution in [0.5, 0.6) is 0 Å². The lowest BCUT2D eigenvalue weighted by molar-refractivity contribution is -0.139. The molecule has 2 rings (SSSR count).